The molecule has 1 nitrogen and oxygen atoms in total. The first kappa shape index (κ1) is 6.83. The summed E-state index contributed by atoms with van der Waals surface area (Å²) in [6.07, 6.45) is 1.08. The highest BCUT2D eigenvalue weighted by Gasteiger charge is 2.13. The fourth-order valence-corrected chi connectivity index (χ4v) is 2.59. The summed E-state index contributed by atoms with van der Waals surface area (Å²) in [4.78, 5) is 0. The maximum absolute atomic E-state index is 5.31. The first-order chi connectivity index (χ1) is 4.88. The van der Waals surface area contributed by atoms with Crippen LogP contribution < -0.4 is 0 Å². The summed E-state index contributed by atoms with van der Waals surface area (Å²) in [5.41, 5.74) is 2.82. The van der Waals surface area contributed by atoms with E-state index in [1.165, 1.54) is 14.9 Å². The molecule has 0 atom stereocenters. The van der Waals surface area contributed by atoms with Crippen LogP contribution in [0.3, 0.4) is 0 Å². The zero-order chi connectivity index (χ0) is 6.97. The standard InChI is InChI=1S/C7H7BrOS/c8-7-6-3-9-2-1-5(6)4-10-7/h4H,1-3H2. The molecule has 0 unspecified atom stereocenters. The van der Waals surface area contributed by atoms with Crippen LogP contribution in [0.4, 0.5) is 0 Å². The lowest BCUT2D eigenvalue weighted by Gasteiger charge is -2.11. The third kappa shape index (κ3) is 1.02. The van der Waals surface area contributed by atoms with Gasteiger partial charge in [0, 0.05) is 5.56 Å². The van der Waals surface area contributed by atoms with Crippen LogP contribution in [0.25, 0.3) is 0 Å². The van der Waals surface area contributed by atoms with E-state index in [1.54, 1.807) is 11.3 Å². The minimum Gasteiger partial charge on any atom is -0.376 e. The highest BCUT2D eigenvalue weighted by molar-refractivity contribution is 9.11. The predicted molar refractivity (Wildman–Crippen MR) is 45.4 cm³/mol. The van der Waals surface area contributed by atoms with Crippen molar-refractivity contribution in [2.45, 2.75) is 13.0 Å². The molecule has 0 amide bonds. The molecule has 0 bridgehead atoms. The SMILES string of the molecule is Brc1scc2c1COCC2. The fourth-order valence-electron chi connectivity index (χ4n) is 1.11. The maximum atomic E-state index is 5.31. The molecule has 3 heteroatoms. The van der Waals surface area contributed by atoms with Gasteiger partial charge in [-0.25, -0.2) is 0 Å². The normalized spacial score (nSPS) is 16.9. The Morgan fingerprint density at radius 2 is 2.50 bits per heavy atom. The summed E-state index contributed by atoms with van der Waals surface area (Å²) in [7, 11) is 0. The molecule has 0 aromatic carbocycles. The Bertz CT molecular complexity index is 244. The van der Waals surface area contributed by atoms with Crippen molar-refractivity contribution in [3.8, 4) is 0 Å². The topological polar surface area (TPSA) is 9.23 Å². The van der Waals surface area contributed by atoms with Gasteiger partial charge >= 0.3 is 0 Å². The van der Waals surface area contributed by atoms with Gasteiger partial charge in [0.05, 0.1) is 17.0 Å². The Morgan fingerprint density at radius 1 is 1.60 bits per heavy atom. The molecular formula is C7H7BrOS. The van der Waals surface area contributed by atoms with Crippen molar-refractivity contribution in [1.29, 1.82) is 0 Å². The van der Waals surface area contributed by atoms with Gasteiger partial charge in [-0.1, -0.05) is 0 Å². The lowest BCUT2D eigenvalue weighted by Crippen LogP contribution is -2.07. The quantitative estimate of drug-likeness (QED) is 0.651. The van der Waals surface area contributed by atoms with Crippen LogP contribution in [0.15, 0.2) is 9.17 Å². The Hall–Kier alpha value is 0.140. The van der Waals surface area contributed by atoms with E-state index in [0.717, 1.165) is 19.6 Å². The maximum Gasteiger partial charge on any atom is 0.0756 e. The number of ether oxygens (including phenoxy) is 1. The summed E-state index contributed by atoms with van der Waals surface area (Å²) in [5.74, 6) is 0. The summed E-state index contributed by atoms with van der Waals surface area (Å²) >= 11 is 5.25. The molecule has 1 aromatic heterocycles. The van der Waals surface area contributed by atoms with Gasteiger partial charge in [-0.05, 0) is 33.3 Å². The number of thiophene rings is 1. The van der Waals surface area contributed by atoms with Crippen LogP contribution in [0.1, 0.15) is 11.1 Å². The van der Waals surface area contributed by atoms with Gasteiger partial charge in [-0.2, -0.15) is 0 Å². The number of halogens is 1. The number of fused-ring (bicyclic) bond motifs is 1. The highest BCUT2D eigenvalue weighted by atomic mass is 79.9. The van der Waals surface area contributed by atoms with Crippen molar-refractivity contribution in [1.82, 2.24) is 0 Å². The molecule has 2 heterocycles. The summed E-state index contributed by atoms with van der Waals surface area (Å²) in [6, 6.07) is 0. The molecule has 0 N–H and O–H groups in total. The zero-order valence-electron chi connectivity index (χ0n) is 5.39. The molecule has 1 aromatic rings. The van der Waals surface area contributed by atoms with E-state index in [0.29, 0.717) is 0 Å². The predicted octanol–water partition coefficient (Wildman–Crippen LogP) is 2.58. The lowest BCUT2D eigenvalue weighted by atomic mass is 10.1. The molecular weight excluding hydrogens is 212 g/mol. The van der Waals surface area contributed by atoms with E-state index >= 15 is 0 Å². The number of hydrogen-bond donors (Lipinski definition) is 0. The average Bonchev–Trinajstić information content (AvgIpc) is 2.34. The molecule has 0 aliphatic carbocycles. The molecule has 10 heavy (non-hydrogen) atoms. The van der Waals surface area contributed by atoms with E-state index in [2.05, 4.69) is 21.3 Å². The highest BCUT2D eigenvalue weighted by Crippen LogP contribution is 2.31. The monoisotopic (exact) mass is 218 g/mol. The Kier molecular flexibility index (Phi) is 1.80. The second kappa shape index (κ2) is 2.64. The first-order valence-electron chi connectivity index (χ1n) is 3.20. The molecule has 2 rings (SSSR count). The largest absolute Gasteiger partial charge is 0.376 e. The minimum atomic E-state index is 0.791. The van der Waals surface area contributed by atoms with Crippen molar-refractivity contribution in [3.63, 3.8) is 0 Å². The molecule has 0 radical (unpaired) electrons. The van der Waals surface area contributed by atoms with Crippen LogP contribution in [-0.2, 0) is 17.8 Å². The molecule has 0 spiro atoms. The van der Waals surface area contributed by atoms with E-state index in [-0.39, 0.29) is 0 Å². The summed E-state index contributed by atoms with van der Waals surface area (Å²) < 4.78 is 6.55. The van der Waals surface area contributed by atoms with Crippen molar-refractivity contribution < 1.29 is 4.74 Å². The fraction of sp³-hybridized carbons (Fsp3) is 0.429. The van der Waals surface area contributed by atoms with Crippen LogP contribution >= 0.6 is 27.3 Å². The molecule has 1 aliphatic heterocycles. The molecule has 0 saturated heterocycles. The van der Waals surface area contributed by atoms with Crippen molar-refractivity contribution in [2.24, 2.45) is 0 Å². The van der Waals surface area contributed by atoms with Crippen molar-refractivity contribution >= 4 is 27.3 Å². The van der Waals surface area contributed by atoms with Gasteiger partial charge in [0.15, 0.2) is 0 Å². The Balaban J connectivity index is 2.45. The third-order valence-electron chi connectivity index (χ3n) is 1.69. The van der Waals surface area contributed by atoms with E-state index < -0.39 is 0 Å². The smallest absolute Gasteiger partial charge is 0.0756 e. The van der Waals surface area contributed by atoms with Gasteiger partial charge in [0.1, 0.15) is 0 Å². The van der Waals surface area contributed by atoms with E-state index in [9.17, 15) is 0 Å². The zero-order valence-corrected chi connectivity index (χ0v) is 7.80. The third-order valence-corrected chi connectivity index (χ3v) is 3.59. The van der Waals surface area contributed by atoms with Crippen LogP contribution in [-0.4, -0.2) is 6.61 Å². The Morgan fingerprint density at radius 3 is 3.30 bits per heavy atom. The van der Waals surface area contributed by atoms with Crippen molar-refractivity contribution in [2.75, 3.05) is 6.61 Å². The van der Waals surface area contributed by atoms with E-state index in [4.69, 9.17) is 4.74 Å². The molecule has 54 valence electrons. The Labute approximate surface area is 72.1 Å². The van der Waals surface area contributed by atoms with Gasteiger partial charge in [-0.3, -0.25) is 0 Å². The second-order valence-corrected chi connectivity index (χ2v) is 4.51. The van der Waals surface area contributed by atoms with Crippen LogP contribution in [0.5, 0.6) is 0 Å². The molecule has 0 fully saturated rings. The van der Waals surface area contributed by atoms with Crippen molar-refractivity contribution in [3.05, 3.63) is 20.3 Å². The number of rotatable bonds is 0. The molecule has 1 aliphatic rings. The lowest BCUT2D eigenvalue weighted by molar-refractivity contribution is 0.111. The second-order valence-electron chi connectivity index (χ2n) is 2.32. The van der Waals surface area contributed by atoms with Gasteiger partial charge in [-0.15, -0.1) is 11.3 Å². The van der Waals surface area contributed by atoms with Gasteiger partial charge in [0.2, 0.25) is 0 Å². The van der Waals surface area contributed by atoms with Gasteiger partial charge in [0.25, 0.3) is 0 Å². The van der Waals surface area contributed by atoms with Crippen LogP contribution in [0.2, 0.25) is 0 Å². The summed E-state index contributed by atoms with van der Waals surface area (Å²) in [5, 5.41) is 2.21. The average molecular weight is 219 g/mol. The number of hydrogen-bond acceptors (Lipinski definition) is 2. The van der Waals surface area contributed by atoms with Crippen LogP contribution in [0, 0.1) is 0 Å². The first-order valence-corrected chi connectivity index (χ1v) is 4.87. The minimum absolute atomic E-state index is 0.791. The summed E-state index contributed by atoms with van der Waals surface area (Å²) in [6.45, 7) is 1.68. The van der Waals surface area contributed by atoms with E-state index in [1.807, 2.05) is 0 Å². The molecule has 0 saturated carbocycles. The van der Waals surface area contributed by atoms with Gasteiger partial charge < -0.3 is 4.74 Å².